The Balaban J connectivity index is 2.19. The Kier molecular flexibility index (Phi) is 4.05. The average Bonchev–Trinajstić information content (AvgIpc) is 2.38. The Morgan fingerprint density at radius 1 is 1.38 bits per heavy atom. The van der Waals surface area contributed by atoms with Crippen LogP contribution in [0.2, 0.25) is 0 Å². The van der Waals surface area contributed by atoms with E-state index >= 15 is 0 Å². The van der Waals surface area contributed by atoms with Crippen LogP contribution >= 0.6 is 0 Å². The van der Waals surface area contributed by atoms with Crippen LogP contribution in [0.1, 0.15) is 44.3 Å². The summed E-state index contributed by atoms with van der Waals surface area (Å²) in [4.78, 5) is 8.56. The molecule has 1 N–H and O–H groups in total. The summed E-state index contributed by atoms with van der Waals surface area (Å²) < 4.78 is 0. The summed E-state index contributed by atoms with van der Waals surface area (Å²) in [7, 11) is 0. The second kappa shape index (κ2) is 5.75. The van der Waals surface area contributed by atoms with Gasteiger partial charge in [-0.25, -0.2) is 0 Å². The third-order valence-corrected chi connectivity index (χ3v) is 2.98. The SMILES string of the molecule is CCNC(C1=CCCCC1)c1cnccn1. The van der Waals surface area contributed by atoms with Gasteiger partial charge in [-0.3, -0.25) is 9.97 Å². The molecule has 0 saturated carbocycles. The van der Waals surface area contributed by atoms with Crippen molar-refractivity contribution >= 4 is 0 Å². The Labute approximate surface area is 97.0 Å². The van der Waals surface area contributed by atoms with Crippen LogP contribution in [0.4, 0.5) is 0 Å². The molecule has 1 aliphatic carbocycles. The zero-order valence-corrected chi connectivity index (χ0v) is 9.82. The standard InChI is InChI=1S/C13H19N3/c1-2-15-13(11-6-4-3-5-7-11)12-10-14-8-9-16-12/h6,8-10,13,15H,2-5,7H2,1H3. The van der Waals surface area contributed by atoms with Crippen molar-refractivity contribution < 1.29 is 0 Å². The highest BCUT2D eigenvalue weighted by Crippen LogP contribution is 2.28. The van der Waals surface area contributed by atoms with Gasteiger partial charge in [0.25, 0.3) is 0 Å². The van der Waals surface area contributed by atoms with E-state index < -0.39 is 0 Å². The number of hydrogen-bond acceptors (Lipinski definition) is 3. The van der Waals surface area contributed by atoms with Gasteiger partial charge in [0.05, 0.1) is 17.9 Å². The van der Waals surface area contributed by atoms with E-state index in [0.717, 1.165) is 12.2 Å². The molecule has 0 bridgehead atoms. The molecule has 1 heterocycles. The quantitative estimate of drug-likeness (QED) is 0.788. The number of rotatable bonds is 4. The van der Waals surface area contributed by atoms with E-state index in [2.05, 4.69) is 28.3 Å². The molecule has 1 aromatic rings. The summed E-state index contributed by atoms with van der Waals surface area (Å²) in [6.45, 7) is 3.09. The van der Waals surface area contributed by atoms with Crippen LogP contribution in [0.25, 0.3) is 0 Å². The van der Waals surface area contributed by atoms with E-state index in [-0.39, 0.29) is 6.04 Å². The van der Waals surface area contributed by atoms with Crippen LogP contribution in [0.3, 0.4) is 0 Å². The highest BCUT2D eigenvalue weighted by atomic mass is 14.9. The lowest BCUT2D eigenvalue weighted by Crippen LogP contribution is -2.24. The van der Waals surface area contributed by atoms with Crippen molar-refractivity contribution in [1.82, 2.24) is 15.3 Å². The summed E-state index contributed by atoms with van der Waals surface area (Å²) >= 11 is 0. The minimum absolute atomic E-state index is 0.263. The van der Waals surface area contributed by atoms with Crippen LogP contribution in [0.15, 0.2) is 30.2 Å². The smallest absolute Gasteiger partial charge is 0.0798 e. The van der Waals surface area contributed by atoms with E-state index in [1.807, 2.05) is 6.20 Å². The van der Waals surface area contributed by atoms with Crippen molar-refractivity contribution in [1.29, 1.82) is 0 Å². The first-order chi connectivity index (χ1) is 7.92. The average molecular weight is 217 g/mol. The Bertz CT molecular complexity index is 345. The van der Waals surface area contributed by atoms with Crippen LogP contribution in [0, 0.1) is 0 Å². The van der Waals surface area contributed by atoms with E-state index in [1.165, 1.54) is 31.3 Å². The molecule has 16 heavy (non-hydrogen) atoms. The van der Waals surface area contributed by atoms with Gasteiger partial charge in [0, 0.05) is 12.4 Å². The summed E-state index contributed by atoms with van der Waals surface area (Å²) in [6, 6.07) is 0.263. The molecule has 0 saturated heterocycles. The molecule has 1 aliphatic rings. The first-order valence-electron chi connectivity index (χ1n) is 6.10. The van der Waals surface area contributed by atoms with Crippen LogP contribution in [0.5, 0.6) is 0 Å². The maximum Gasteiger partial charge on any atom is 0.0798 e. The highest BCUT2D eigenvalue weighted by molar-refractivity contribution is 5.21. The molecule has 0 radical (unpaired) electrons. The van der Waals surface area contributed by atoms with Crippen molar-refractivity contribution in [3.8, 4) is 0 Å². The van der Waals surface area contributed by atoms with Gasteiger partial charge in [0.2, 0.25) is 0 Å². The molecular weight excluding hydrogens is 198 g/mol. The van der Waals surface area contributed by atoms with E-state index in [4.69, 9.17) is 0 Å². The maximum atomic E-state index is 4.41. The minimum Gasteiger partial charge on any atom is -0.305 e. The molecular formula is C13H19N3. The molecule has 86 valence electrons. The molecule has 3 nitrogen and oxygen atoms in total. The van der Waals surface area contributed by atoms with Gasteiger partial charge in [0.1, 0.15) is 0 Å². The largest absolute Gasteiger partial charge is 0.305 e. The maximum absolute atomic E-state index is 4.41. The van der Waals surface area contributed by atoms with Gasteiger partial charge in [-0.05, 0) is 32.2 Å². The minimum atomic E-state index is 0.263. The Morgan fingerprint density at radius 2 is 2.31 bits per heavy atom. The normalized spacial score (nSPS) is 17.9. The van der Waals surface area contributed by atoms with Gasteiger partial charge in [-0.2, -0.15) is 0 Å². The lowest BCUT2D eigenvalue weighted by Gasteiger charge is -2.23. The number of hydrogen-bond donors (Lipinski definition) is 1. The third-order valence-electron chi connectivity index (χ3n) is 2.98. The molecule has 1 unspecified atom stereocenters. The fourth-order valence-corrected chi connectivity index (χ4v) is 2.21. The summed E-state index contributed by atoms with van der Waals surface area (Å²) in [5, 5.41) is 3.50. The molecule has 0 fully saturated rings. The van der Waals surface area contributed by atoms with E-state index in [0.29, 0.717) is 0 Å². The van der Waals surface area contributed by atoms with Gasteiger partial charge in [-0.1, -0.05) is 18.6 Å². The van der Waals surface area contributed by atoms with Crippen molar-refractivity contribution in [2.45, 2.75) is 38.6 Å². The fourth-order valence-electron chi connectivity index (χ4n) is 2.21. The van der Waals surface area contributed by atoms with Crippen molar-refractivity contribution in [3.05, 3.63) is 35.9 Å². The summed E-state index contributed by atoms with van der Waals surface area (Å²) in [5.74, 6) is 0. The third kappa shape index (κ3) is 2.67. The number of likely N-dealkylation sites (N-methyl/N-ethyl adjacent to an activating group) is 1. The van der Waals surface area contributed by atoms with Gasteiger partial charge in [0.15, 0.2) is 0 Å². The topological polar surface area (TPSA) is 37.8 Å². The summed E-state index contributed by atoms with van der Waals surface area (Å²) in [5.41, 5.74) is 2.52. The Hall–Kier alpha value is -1.22. The summed E-state index contributed by atoms with van der Waals surface area (Å²) in [6.07, 6.45) is 12.7. The Morgan fingerprint density at radius 3 is 2.94 bits per heavy atom. The lowest BCUT2D eigenvalue weighted by molar-refractivity contribution is 0.552. The molecule has 0 aliphatic heterocycles. The fraction of sp³-hybridized carbons (Fsp3) is 0.538. The highest BCUT2D eigenvalue weighted by Gasteiger charge is 2.18. The molecule has 0 spiro atoms. The molecule has 0 amide bonds. The van der Waals surface area contributed by atoms with Crippen LogP contribution in [-0.4, -0.2) is 16.5 Å². The molecule has 1 aromatic heterocycles. The zero-order chi connectivity index (χ0) is 11.2. The van der Waals surface area contributed by atoms with Gasteiger partial charge < -0.3 is 5.32 Å². The first-order valence-corrected chi connectivity index (χ1v) is 6.10. The predicted octanol–water partition coefficient (Wildman–Crippen LogP) is 2.63. The van der Waals surface area contributed by atoms with E-state index in [1.54, 1.807) is 12.4 Å². The number of aromatic nitrogens is 2. The number of allylic oxidation sites excluding steroid dienone is 1. The number of nitrogens with one attached hydrogen (secondary N) is 1. The predicted molar refractivity (Wildman–Crippen MR) is 65.0 cm³/mol. The van der Waals surface area contributed by atoms with Crippen molar-refractivity contribution in [2.75, 3.05) is 6.54 Å². The second-order valence-corrected chi connectivity index (χ2v) is 4.15. The number of nitrogens with zero attached hydrogens (tertiary/aromatic N) is 2. The van der Waals surface area contributed by atoms with Crippen LogP contribution in [-0.2, 0) is 0 Å². The molecule has 2 rings (SSSR count). The van der Waals surface area contributed by atoms with Crippen molar-refractivity contribution in [3.63, 3.8) is 0 Å². The lowest BCUT2D eigenvalue weighted by atomic mass is 9.92. The molecule has 0 aromatic carbocycles. The first kappa shape index (κ1) is 11.3. The zero-order valence-electron chi connectivity index (χ0n) is 9.82. The van der Waals surface area contributed by atoms with Gasteiger partial charge >= 0.3 is 0 Å². The van der Waals surface area contributed by atoms with Crippen molar-refractivity contribution in [2.24, 2.45) is 0 Å². The second-order valence-electron chi connectivity index (χ2n) is 4.15. The monoisotopic (exact) mass is 217 g/mol. The van der Waals surface area contributed by atoms with Gasteiger partial charge in [-0.15, -0.1) is 0 Å². The molecule has 1 atom stereocenters. The molecule has 3 heteroatoms. The van der Waals surface area contributed by atoms with E-state index in [9.17, 15) is 0 Å². The van der Waals surface area contributed by atoms with Crippen LogP contribution < -0.4 is 5.32 Å².